The molecule has 196 valence electrons. The van der Waals surface area contributed by atoms with Crippen LogP contribution >= 0.6 is 0 Å². The number of nitrogens with zero attached hydrogens (tertiary/aromatic N) is 2. The summed E-state index contributed by atoms with van der Waals surface area (Å²) in [5, 5.41) is 75.9. The van der Waals surface area contributed by atoms with Crippen LogP contribution < -0.4 is 9.80 Å². The Morgan fingerprint density at radius 2 is 0.714 bits per heavy atom. The topological polar surface area (TPSA) is 168 Å². The van der Waals surface area contributed by atoms with Crippen molar-refractivity contribution >= 4 is 11.4 Å². The lowest BCUT2D eigenvalue weighted by atomic mass is 10.0. The smallest absolute Gasteiger partial charge is 0.0945 e. The van der Waals surface area contributed by atoms with Crippen LogP contribution in [0.3, 0.4) is 0 Å². The van der Waals surface area contributed by atoms with Gasteiger partial charge in [-0.25, -0.2) is 0 Å². The zero-order valence-corrected chi connectivity index (χ0v) is 19.8. The van der Waals surface area contributed by atoms with Gasteiger partial charge in [0, 0.05) is 37.6 Å². The van der Waals surface area contributed by atoms with Crippen LogP contribution in [0.25, 0.3) is 0 Å². The predicted octanol–water partition coefficient (Wildman–Crippen LogP) is -1.70. The zero-order valence-electron chi connectivity index (χ0n) is 19.8. The van der Waals surface area contributed by atoms with Gasteiger partial charge in [0.25, 0.3) is 0 Å². The molecule has 0 saturated carbocycles. The first kappa shape index (κ1) is 29.0. The largest absolute Gasteiger partial charge is 0.394 e. The normalized spacial score (nSPS) is 14.9. The van der Waals surface area contributed by atoms with Gasteiger partial charge in [0.2, 0.25) is 0 Å². The second kappa shape index (κ2) is 15.0. The molecule has 0 aliphatic carbocycles. The van der Waals surface area contributed by atoms with Crippen molar-refractivity contribution in [2.24, 2.45) is 0 Å². The molecular formula is C25H38N2O8. The van der Waals surface area contributed by atoms with Crippen LogP contribution in [0.4, 0.5) is 11.4 Å². The van der Waals surface area contributed by atoms with Crippen molar-refractivity contribution in [3.8, 4) is 0 Å². The third-order valence-corrected chi connectivity index (χ3v) is 5.58. The highest BCUT2D eigenvalue weighted by molar-refractivity contribution is 5.50. The van der Waals surface area contributed by atoms with Gasteiger partial charge in [-0.05, 0) is 41.8 Å². The molecule has 0 heterocycles. The third kappa shape index (κ3) is 9.71. The Morgan fingerprint density at radius 1 is 0.457 bits per heavy atom. The SMILES string of the molecule is OCC(O)CN(CC(O)CO)c1ccc(Cc2ccc(N(CC(O)CO)CC(O)CO)cc2)cc1. The van der Waals surface area contributed by atoms with E-state index in [-0.39, 0.29) is 26.2 Å². The Hall–Kier alpha value is -2.28. The van der Waals surface area contributed by atoms with Gasteiger partial charge >= 0.3 is 0 Å². The maximum Gasteiger partial charge on any atom is 0.0945 e. The van der Waals surface area contributed by atoms with Crippen LogP contribution in [0, 0.1) is 0 Å². The highest BCUT2D eigenvalue weighted by atomic mass is 16.3. The quantitative estimate of drug-likeness (QED) is 0.135. The van der Waals surface area contributed by atoms with Gasteiger partial charge in [0.1, 0.15) is 0 Å². The fourth-order valence-corrected chi connectivity index (χ4v) is 3.70. The van der Waals surface area contributed by atoms with Gasteiger partial charge in [-0.3, -0.25) is 0 Å². The van der Waals surface area contributed by atoms with Crippen molar-refractivity contribution in [1.82, 2.24) is 0 Å². The zero-order chi connectivity index (χ0) is 25.8. The van der Waals surface area contributed by atoms with E-state index in [1.807, 2.05) is 48.5 Å². The maximum atomic E-state index is 9.82. The molecule has 0 radical (unpaired) electrons. The van der Waals surface area contributed by atoms with Crippen molar-refractivity contribution in [2.45, 2.75) is 30.8 Å². The van der Waals surface area contributed by atoms with E-state index < -0.39 is 50.8 Å². The van der Waals surface area contributed by atoms with Crippen molar-refractivity contribution in [3.63, 3.8) is 0 Å². The monoisotopic (exact) mass is 494 g/mol. The Morgan fingerprint density at radius 3 is 0.943 bits per heavy atom. The van der Waals surface area contributed by atoms with Crippen LogP contribution in [0.5, 0.6) is 0 Å². The number of hydrogen-bond acceptors (Lipinski definition) is 10. The molecule has 0 aliphatic rings. The van der Waals surface area contributed by atoms with E-state index in [2.05, 4.69) is 0 Å². The van der Waals surface area contributed by atoms with Crippen LogP contribution in [0.15, 0.2) is 48.5 Å². The summed E-state index contributed by atoms with van der Waals surface area (Å²) in [6.07, 6.45) is -3.27. The van der Waals surface area contributed by atoms with E-state index in [0.717, 1.165) is 22.5 Å². The van der Waals surface area contributed by atoms with E-state index >= 15 is 0 Å². The highest BCUT2D eigenvalue weighted by Crippen LogP contribution is 2.21. The molecule has 0 saturated heterocycles. The Labute approximate surface area is 205 Å². The van der Waals surface area contributed by atoms with E-state index in [1.54, 1.807) is 9.80 Å². The molecule has 10 heteroatoms. The molecule has 2 rings (SSSR count). The van der Waals surface area contributed by atoms with Crippen molar-refractivity contribution in [2.75, 3.05) is 62.4 Å². The minimum atomic E-state index is -0.976. The number of anilines is 2. The first-order chi connectivity index (χ1) is 16.8. The summed E-state index contributed by atoms with van der Waals surface area (Å²) in [6, 6.07) is 15.1. The first-order valence-electron chi connectivity index (χ1n) is 11.6. The minimum Gasteiger partial charge on any atom is -0.394 e. The minimum absolute atomic E-state index is 0.112. The fourth-order valence-electron chi connectivity index (χ4n) is 3.70. The molecule has 0 aliphatic heterocycles. The first-order valence-corrected chi connectivity index (χ1v) is 11.6. The molecule has 8 N–H and O–H groups in total. The van der Waals surface area contributed by atoms with Crippen LogP contribution in [-0.2, 0) is 6.42 Å². The van der Waals surface area contributed by atoms with E-state index in [4.69, 9.17) is 20.4 Å². The van der Waals surface area contributed by atoms with Crippen molar-refractivity contribution in [3.05, 3.63) is 59.7 Å². The number of aliphatic hydroxyl groups is 8. The van der Waals surface area contributed by atoms with Gasteiger partial charge in [0.15, 0.2) is 0 Å². The summed E-state index contributed by atoms with van der Waals surface area (Å²) in [4.78, 5) is 3.41. The summed E-state index contributed by atoms with van der Waals surface area (Å²) >= 11 is 0. The number of hydrogen-bond donors (Lipinski definition) is 8. The summed E-state index contributed by atoms with van der Waals surface area (Å²) in [6.45, 7) is -1.18. The average molecular weight is 495 g/mol. The molecule has 2 aromatic carbocycles. The molecule has 2 aromatic rings. The fraction of sp³-hybridized carbons (Fsp3) is 0.520. The molecule has 4 unspecified atom stereocenters. The Bertz CT molecular complexity index is 743. The molecule has 0 spiro atoms. The van der Waals surface area contributed by atoms with Crippen LogP contribution in [-0.4, -0.2) is 118 Å². The summed E-state index contributed by atoms with van der Waals surface area (Å²) < 4.78 is 0. The summed E-state index contributed by atoms with van der Waals surface area (Å²) in [5.41, 5.74) is 3.53. The van der Waals surface area contributed by atoms with Gasteiger partial charge < -0.3 is 50.7 Å². The van der Waals surface area contributed by atoms with Crippen molar-refractivity contribution < 1.29 is 40.9 Å². The van der Waals surface area contributed by atoms with Gasteiger partial charge in [-0.1, -0.05) is 24.3 Å². The molecular weight excluding hydrogens is 456 g/mol. The maximum absolute atomic E-state index is 9.82. The molecule has 0 amide bonds. The number of rotatable bonds is 16. The lowest BCUT2D eigenvalue weighted by molar-refractivity contribution is 0.0838. The van der Waals surface area contributed by atoms with E-state index in [1.165, 1.54) is 0 Å². The second-order valence-corrected chi connectivity index (χ2v) is 8.67. The standard InChI is InChI=1S/C25H38N2O8/c28-14-22(32)10-26(11-23(33)15-29)20-5-1-18(2-6-20)9-19-3-7-21(8-4-19)27(12-24(34)16-30)13-25(35)17-31/h1-8,22-25,28-35H,9-17H2. The second-order valence-electron chi connectivity index (χ2n) is 8.67. The summed E-state index contributed by atoms with van der Waals surface area (Å²) in [5.74, 6) is 0. The Kier molecular flexibility index (Phi) is 12.4. The van der Waals surface area contributed by atoms with Crippen LogP contribution in [0.2, 0.25) is 0 Å². The average Bonchev–Trinajstić information content (AvgIpc) is 2.88. The lowest BCUT2D eigenvalue weighted by Gasteiger charge is -2.29. The summed E-state index contributed by atoms with van der Waals surface area (Å²) in [7, 11) is 0. The molecule has 4 atom stereocenters. The molecule has 0 fully saturated rings. The van der Waals surface area contributed by atoms with Gasteiger partial charge in [-0.2, -0.15) is 0 Å². The molecule has 0 bridgehead atoms. The number of aliphatic hydroxyl groups excluding tert-OH is 8. The van der Waals surface area contributed by atoms with Crippen molar-refractivity contribution in [1.29, 1.82) is 0 Å². The van der Waals surface area contributed by atoms with Gasteiger partial charge in [-0.15, -0.1) is 0 Å². The molecule has 10 nitrogen and oxygen atoms in total. The molecule has 0 aromatic heterocycles. The van der Waals surface area contributed by atoms with Crippen LogP contribution in [0.1, 0.15) is 11.1 Å². The van der Waals surface area contributed by atoms with Gasteiger partial charge in [0.05, 0.1) is 50.8 Å². The van der Waals surface area contributed by atoms with E-state index in [0.29, 0.717) is 6.42 Å². The third-order valence-electron chi connectivity index (χ3n) is 5.58. The number of benzene rings is 2. The Balaban J connectivity index is 2.09. The predicted molar refractivity (Wildman–Crippen MR) is 132 cm³/mol. The van der Waals surface area contributed by atoms with E-state index in [9.17, 15) is 20.4 Å². The lowest BCUT2D eigenvalue weighted by Crippen LogP contribution is -2.40. The molecule has 35 heavy (non-hydrogen) atoms. The highest BCUT2D eigenvalue weighted by Gasteiger charge is 2.17.